The van der Waals surface area contributed by atoms with Gasteiger partial charge in [0.05, 0.1) is 18.8 Å². The third kappa shape index (κ3) is 5.85. The van der Waals surface area contributed by atoms with Crippen LogP contribution in [0.25, 0.3) is 10.9 Å². The van der Waals surface area contributed by atoms with Gasteiger partial charge in [-0.25, -0.2) is 4.79 Å². The van der Waals surface area contributed by atoms with Crippen molar-refractivity contribution in [3.63, 3.8) is 0 Å². The lowest BCUT2D eigenvalue weighted by atomic mass is 9.97. The van der Waals surface area contributed by atoms with Crippen molar-refractivity contribution in [3.8, 4) is 5.75 Å². The number of aromatic nitrogens is 1. The van der Waals surface area contributed by atoms with Crippen molar-refractivity contribution >= 4 is 56.6 Å². The molecular formula is C23H24BrNO11. The Hall–Kier alpha value is -3.45. The SMILES string of the molecule is COC(=O)[C@@H]1O[C@@H](Oc2cn(C(C)=O)c3ccc(Br)cc23)[C@H](OC(C)=O)[C@H](OC(C)=O)[C@@H]1OC(C)=O. The third-order valence-electron chi connectivity index (χ3n) is 5.15. The molecule has 0 amide bonds. The van der Waals surface area contributed by atoms with Crippen LogP contribution in [0, 0.1) is 0 Å². The molecule has 12 nitrogen and oxygen atoms in total. The second-order valence-corrected chi connectivity index (χ2v) is 8.75. The fourth-order valence-electron chi connectivity index (χ4n) is 3.83. The molecule has 13 heteroatoms. The maximum Gasteiger partial charge on any atom is 0.339 e. The van der Waals surface area contributed by atoms with Crippen LogP contribution in [0.2, 0.25) is 0 Å². The van der Waals surface area contributed by atoms with Gasteiger partial charge in [-0.05, 0) is 18.2 Å². The second kappa shape index (κ2) is 11.1. The van der Waals surface area contributed by atoms with Crippen molar-refractivity contribution in [1.29, 1.82) is 0 Å². The van der Waals surface area contributed by atoms with E-state index in [2.05, 4.69) is 15.9 Å². The minimum absolute atomic E-state index is 0.139. The Labute approximate surface area is 213 Å². The maximum absolute atomic E-state index is 12.6. The van der Waals surface area contributed by atoms with Gasteiger partial charge in [0.1, 0.15) is 5.75 Å². The summed E-state index contributed by atoms with van der Waals surface area (Å²) >= 11 is 3.37. The highest BCUT2D eigenvalue weighted by Crippen LogP contribution is 2.35. The summed E-state index contributed by atoms with van der Waals surface area (Å²) < 4.78 is 34.5. The van der Waals surface area contributed by atoms with Crippen LogP contribution in [-0.2, 0) is 42.9 Å². The first kappa shape index (κ1) is 27.1. The van der Waals surface area contributed by atoms with Crippen molar-refractivity contribution in [3.05, 3.63) is 28.9 Å². The molecule has 0 unspecified atom stereocenters. The second-order valence-electron chi connectivity index (χ2n) is 7.83. The zero-order valence-corrected chi connectivity index (χ0v) is 21.6. The van der Waals surface area contributed by atoms with Crippen LogP contribution < -0.4 is 4.74 Å². The molecule has 0 aliphatic carbocycles. The average molecular weight is 570 g/mol. The van der Waals surface area contributed by atoms with E-state index in [0.717, 1.165) is 27.9 Å². The Kier molecular flexibility index (Phi) is 8.35. The highest BCUT2D eigenvalue weighted by atomic mass is 79.9. The molecular weight excluding hydrogens is 546 g/mol. The number of hydrogen-bond acceptors (Lipinski definition) is 11. The average Bonchev–Trinajstić information content (AvgIpc) is 3.13. The number of carbonyl (C=O) groups is 5. The number of esters is 4. The topological polar surface area (TPSA) is 146 Å². The standard InChI is InChI=1S/C23H24BrNO11/c1-10(26)25-9-17(15-8-14(24)6-7-16(15)25)35-23-21(34-13(4)29)19(33-12(3)28)18(32-11(2)27)20(36-23)22(30)31-5/h6-9,18-21,23H,1-5H3/t18-,19+,20+,21+,23+/m0/s1. The molecule has 0 bridgehead atoms. The number of hydrogen-bond donors (Lipinski definition) is 0. The zero-order chi connectivity index (χ0) is 26.7. The van der Waals surface area contributed by atoms with E-state index in [9.17, 15) is 24.0 Å². The van der Waals surface area contributed by atoms with Gasteiger partial charge in [-0.15, -0.1) is 0 Å². The number of carbonyl (C=O) groups excluding carboxylic acids is 5. The van der Waals surface area contributed by atoms with Crippen LogP contribution in [0.15, 0.2) is 28.9 Å². The molecule has 5 atom stereocenters. The number of nitrogens with zero attached hydrogens (tertiary/aromatic N) is 1. The number of rotatable bonds is 6. The van der Waals surface area contributed by atoms with Crippen molar-refractivity contribution in [2.24, 2.45) is 0 Å². The molecule has 3 rings (SSSR count). The van der Waals surface area contributed by atoms with Crippen LogP contribution in [0.5, 0.6) is 5.75 Å². The van der Waals surface area contributed by atoms with Crippen LogP contribution in [0.3, 0.4) is 0 Å². The van der Waals surface area contributed by atoms with Crippen molar-refractivity contribution in [2.45, 2.75) is 58.4 Å². The molecule has 1 aromatic heterocycles. The zero-order valence-electron chi connectivity index (χ0n) is 20.0. The Bertz CT molecular complexity index is 1210. The summed E-state index contributed by atoms with van der Waals surface area (Å²) in [6.45, 7) is 4.63. The minimum Gasteiger partial charge on any atom is -0.467 e. The number of ether oxygens (including phenoxy) is 6. The molecule has 1 aromatic carbocycles. The van der Waals surface area contributed by atoms with E-state index in [4.69, 9.17) is 28.4 Å². The fraction of sp³-hybridized carbons (Fsp3) is 0.435. The fourth-order valence-corrected chi connectivity index (χ4v) is 4.19. The van der Waals surface area contributed by atoms with E-state index in [-0.39, 0.29) is 11.7 Å². The molecule has 1 fully saturated rings. The number of benzene rings is 1. The minimum atomic E-state index is -1.60. The van der Waals surface area contributed by atoms with Crippen LogP contribution >= 0.6 is 15.9 Å². The lowest BCUT2D eigenvalue weighted by Crippen LogP contribution is -2.64. The van der Waals surface area contributed by atoms with Crippen molar-refractivity contribution < 1.29 is 52.4 Å². The Morgan fingerprint density at radius 3 is 2.03 bits per heavy atom. The van der Waals surface area contributed by atoms with Gasteiger partial charge >= 0.3 is 23.9 Å². The first-order chi connectivity index (χ1) is 16.9. The molecule has 2 aromatic rings. The summed E-state index contributed by atoms with van der Waals surface area (Å²) in [5.74, 6) is -3.54. The van der Waals surface area contributed by atoms with Gasteiger partial charge in [0, 0.05) is 37.6 Å². The van der Waals surface area contributed by atoms with E-state index in [1.54, 1.807) is 18.2 Å². The molecule has 1 saturated heterocycles. The van der Waals surface area contributed by atoms with Gasteiger partial charge in [0.25, 0.3) is 0 Å². The molecule has 194 valence electrons. The van der Waals surface area contributed by atoms with Crippen molar-refractivity contribution in [1.82, 2.24) is 4.57 Å². The molecule has 2 heterocycles. The predicted molar refractivity (Wildman–Crippen MR) is 124 cm³/mol. The van der Waals surface area contributed by atoms with Gasteiger partial charge in [-0.1, -0.05) is 15.9 Å². The van der Waals surface area contributed by atoms with Gasteiger partial charge in [-0.3, -0.25) is 23.7 Å². The first-order valence-corrected chi connectivity index (χ1v) is 11.4. The molecule has 0 radical (unpaired) electrons. The highest BCUT2D eigenvalue weighted by molar-refractivity contribution is 9.10. The van der Waals surface area contributed by atoms with Gasteiger partial charge in [-0.2, -0.15) is 0 Å². The van der Waals surface area contributed by atoms with E-state index in [0.29, 0.717) is 15.4 Å². The summed E-state index contributed by atoms with van der Waals surface area (Å²) in [4.78, 5) is 60.4. The molecule has 1 aliphatic rings. The normalized spacial score (nSPS) is 23.4. The van der Waals surface area contributed by atoms with Crippen LogP contribution in [0.4, 0.5) is 0 Å². The molecule has 1 aliphatic heterocycles. The van der Waals surface area contributed by atoms with E-state index < -0.39 is 54.6 Å². The number of methoxy groups -OCH3 is 1. The number of fused-ring (bicyclic) bond motifs is 1. The van der Waals surface area contributed by atoms with E-state index >= 15 is 0 Å². The molecule has 0 spiro atoms. The Balaban J connectivity index is 2.13. The quantitative estimate of drug-likeness (QED) is 0.372. The smallest absolute Gasteiger partial charge is 0.339 e. The Morgan fingerprint density at radius 2 is 1.47 bits per heavy atom. The summed E-state index contributed by atoms with van der Waals surface area (Å²) in [5, 5.41) is 0.491. The lowest BCUT2D eigenvalue weighted by molar-refractivity contribution is -0.282. The summed E-state index contributed by atoms with van der Waals surface area (Å²) in [6.07, 6.45) is -6.23. The van der Waals surface area contributed by atoms with Crippen LogP contribution in [0.1, 0.15) is 32.5 Å². The Morgan fingerprint density at radius 1 is 0.889 bits per heavy atom. The monoisotopic (exact) mass is 569 g/mol. The molecule has 0 N–H and O–H groups in total. The predicted octanol–water partition coefficient (Wildman–Crippen LogP) is 2.14. The van der Waals surface area contributed by atoms with Gasteiger partial charge < -0.3 is 28.4 Å². The first-order valence-electron chi connectivity index (χ1n) is 10.7. The van der Waals surface area contributed by atoms with Crippen LogP contribution in [-0.4, -0.2) is 72.2 Å². The van der Waals surface area contributed by atoms with Gasteiger partial charge in [0.15, 0.2) is 18.3 Å². The summed E-state index contributed by atoms with van der Waals surface area (Å²) in [5.41, 5.74) is 0.513. The summed E-state index contributed by atoms with van der Waals surface area (Å²) in [7, 11) is 1.09. The van der Waals surface area contributed by atoms with Crippen molar-refractivity contribution in [2.75, 3.05) is 7.11 Å². The largest absolute Gasteiger partial charge is 0.467 e. The lowest BCUT2D eigenvalue weighted by Gasteiger charge is -2.43. The molecule has 0 saturated carbocycles. The summed E-state index contributed by atoms with van der Waals surface area (Å²) in [6, 6.07) is 5.11. The third-order valence-corrected chi connectivity index (χ3v) is 5.64. The number of halogens is 1. The highest BCUT2D eigenvalue weighted by Gasteiger charge is 2.56. The van der Waals surface area contributed by atoms with Gasteiger partial charge in [0.2, 0.25) is 18.3 Å². The molecule has 36 heavy (non-hydrogen) atoms. The van der Waals surface area contributed by atoms with E-state index in [1.807, 2.05) is 0 Å². The maximum atomic E-state index is 12.6. The van der Waals surface area contributed by atoms with E-state index in [1.165, 1.54) is 17.7 Å².